The number of aromatic nitrogens is 5. The molecular formula is C63H37N5O2. The van der Waals surface area contributed by atoms with Crippen molar-refractivity contribution in [3.8, 4) is 79.2 Å². The van der Waals surface area contributed by atoms with Gasteiger partial charge >= 0.3 is 0 Å². The van der Waals surface area contributed by atoms with Crippen LogP contribution in [0.2, 0.25) is 0 Å². The summed E-state index contributed by atoms with van der Waals surface area (Å²) in [5.74, 6) is 2.37. The Kier molecular flexibility index (Phi) is 9.07. The molecular weight excluding hydrogens is 859 g/mol. The van der Waals surface area contributed by atoms with Crippen LogP contribution in [0.3, 0.4) is 0 Å². The van der Waals surface area contributed by atoms with E-state index < -0.39 is 0 Å². The first-order chi connectivity index (χ1) is 34.6. The maximum atomic E-state index is 6.58. The Bertz CT molecular complexity index is 4370. The molecule has 14 rings (SSSR count). The first-order valence-electron chi connectivity index (χ1n) is 23.3. The fourth-order valence-corrected chi connectivity index (χ4v) is 9.86. The van der Waals surface area contributed by atoms with Crippen LogP contribution in [0.15, 0.2) is 233 Å². The Hall–Kier alpha value is -9.59. The highest BCUT2D eigenvalue weighted by Crippen LogP contribution is 2.39. The highest BCUT2D eigenvalue weighted by atomic mass is 16.3. The normalized spacial score (nSPS) is 11.7. The molecule has 0 saturated carbocycles. The molecule has 7 nitrogen and oxygen atoms in total. The van der Waals surface area contributed by atoms with Crippen molar-refractivity contribution >= 4 is 65.4 Å². The van der Waals surface area contributed by atoms with Crippen molar-refractivity contribution in [2.24, 2.45) is 0 Å². The number of benzene rings is 10. The second kappa shape index (κ2) is 16.0. The molecule has 10 aromatic carbocycles. The van der Waals surface area contributed by atoms with Gasteiger partial charge in [-0.3, -0.25) is 0 Å². The van der Waals surface area contributed by atoms with E-state index in [-0.39, 0.29) is 0 Å². The van der Waals surface area contributed by atoms with Gasteiger partial charge in [-0.25, -0.2) is 24.9 Å². The van der Waals surface area contributed by atoms with Gasteiger partial charge in [0.2, 0.25) is 0 Å². The maximum Gasteiger partial charge on any atom is 0.164 e. The van der Waals surface area contributed by atoms with Crippen LogP contribution in [0.25, 0.3) is 145 Å². The Labute approximate surface area is 401 Å². The van der Waals surface area contributed by atoms with Crippen LogP contribution >= 0.6 is 0 Å². The van der Waals surface area contributed by atoms with Crippen LogP contribution in [-0.4, -0.2) is 24.9 Å². The lowest BCUT2D eigenvalue weighted by atomic mass is 9.98. The minimum absolute atomic E-state index is 0.561. The summed E-state index contributed by atoms with van der Waals surface area (Å²) in [6, 6.07) is 77.0. The third-order valence-electron chi connectivity index (χ3n) is 13.3. The quantitative estimate of drug-likeness (QED) is 0.157. The van der Waals surface area contributed by atoms with Gasteiger partial charge in [-0.05, 0) is 87.9 Å². The summed E-state index contributed by atoms with van der Waals surface area (Å²) in [6.45, 7) is 0. The van der Waals surface area contributed by atoms with E-state index >= 15 is 0 Å². The van der Waals surface area contributed by atoms with E-state index in [1.54, 1.807) is 0 Å². The lowest BCUT2D eigenvalue weighted by Gasteiger charge is -2.12. The molecule has 0 unspecified atom stereocenters. The second-order valence-electron chi connectivity index (χ2n) is 17.6. The van der Waals surface area contributed by atoms with Gasteiger partial charge in [-0.2, -0.15) is 0 Å². The molecule has 14 aromatic rings. The van der Waals surface area contributed by atoms with Gasteiger partial charge in [0.15, 0.2) is 23.3 Å². The smallest absolute Gasteiger partial charge is 0.164 e. The van der Waals surface area contributed by atoms with Crippen molar-refractivity contribution in [2.75, 3.05) is 0 Å². The van der Waals surface area contributed by atoms with Crippen LogP contribution in [0.4, 0.5) is 0 Å². The number of rotatable bonds is 7. The van der Waals surface area contributed by atoms with Gasteiger partial charge in [-0.15, -0.1) is 0 Å². The minimum Gasteiger partial charge on any atom is -0.456 e. The van der Waals surface area contributed by atoms with Crippen LogP contribution in [0.5, 0.6) is 0 Å². The summed E-state index contributed by atoms with van der Waals surface area (Å²) in [6.07, 6.45) is 0. The largest absolute Gasteiger partial charge is 0.456 e. The van der Waals surface area contributed by atoms with Crippen molar-refractivity contribution in [1.82, 2.24) is 24.9 Å². The van der Waals surface area contributed by atoms with Gasteiger partial charge in [-0.1, -0.05) is 164 Å². The molecule has 0 bridgehead atoms. The SMILES string of the molecule is c1ccc(-c2nc(-c3cccc(-c4cccc(-c5nc(-c6ccccc6)nc(-c6ccc7c(c6)oc6c8ccccc8ccc76)n5)c4)c3)cc(-c3ccc4oc5ccc6ccccc6c5c4c3)n2)cc1. The second-order valence-corrected chi connectivity index (χ2v) is 17.6. The van der Waals surface area contributed by atoms with Crippen molar-refractivity contribution in [3.05, 3.63) is 224 Å². The van der Waals surface area contributed by atoms with E-state index in [1.165, 1.54) is 5.39 Å². The minimum atomic E-state index is 0.561. The first-order valence-corrected chi connectivity index (χ1v) is 23.3. The zero-order valence-corrected chi connectivity index (χ0v) is 37.4. The molecule has 70 heavy (non-hydrogen) atoms. The number of nitrogens with zero attached hydrogens (tertiary/aromatic N) is 5. The summed E-state index contributed by atoms with van der Waals surface area (Å²) in [7, 11) is 0. The average molecular weight is 896 g/mol. The predicted molar refractivity (Wildman–Crippen MR) is 283 cm³/mol. The number of fused-ring (bicyclic) bond motifs is 10. The molecule has 0 amide bonds. The maximum absolute atomic E-state index is 6.58. The lowest BCUT2D eigenvalue weighted by molar-refractivity contribution is 0.669. The van der Waals surface area contributed by atoms with Gasteiger partial charge in [0.25, 0.3) is 0 Å². The van der Waals surface area contributed by atoms with Crippen molar-refractivity contribution < 1.29 is 8.83 Å². The highest BCUT2D eigenvalue weighted by Gasteiger charge is 2.18. The molecule has 0 fully saturated rings. The molecule has 0 aliphatic carbocycles. The number of furan rings is 2. The molecule has 0 radical (unpaired) electrons. The standard InChI is InChI=1S/C63H37N5O2/c1-3-15-40(16-4-1)60-64-53(37-54(65-60)45-28-31-55-52(35-45)58-48-23-9-7-13-38(48)27-32-56(58)69-55)44-21-11-19-42(33-44)43-20-12-22-46(34-43)62-66-61(41-17-5-2-6-18-41)67-63(68-62)47-26-29-50-51-30-25-39-14-8-10-24-49(39)59(51)70-57(50)36-47/h1-37H. The zero-order valence-electron chi connectivity index (χ0n) is 37.4. The topological polar surface area (TPSA) is 90.7 Å². The van der Waals surface area contributed by atoms with Crippen LogP contribution < -0.4 is 0 Å². The van der Waals surface area contributed by atoms with Crippen molar-refractivity contribution in [2.45, 2.75) is 0 Å². The summed E-state index contributed by atoms with van der Waals surface area (Å²) in [5, 5.41) is 8.83. The molecule has 0 N–H and O–H groups in total. The Morgan fingerprint density at radius 2 is 0.743 bits per heavy atom. The molecule has 0 atom stereocenters. The first kappa shape index (κ1) is 39.6. The van der Waals surface area contributed by atoms with Gasteiger partial charge in [0.1, 0.15) is 22.3 Å². The van der Waals surface area contributed by atoms with E-state index in [0.29, 0.717) is 23.3 Å². The highest BCUT2D eigenvalue weighted by molar-refractivity contribution is 6.19. The van der Waals surface area contributed by atoms with Gasteiger partial charge in [0, 0.05) is 60.3 Å². The van der Waals surface area contributed by atoms with E-state index in [4.69, 9.17) is 33.8 Å². The Balaban J connectivity index is 0.862. The lowest BCUT2D eigenvalue weighted by Crippen LogP contribution is -2.00. The predicted octanol–water partition coefficient (Wildman–Crippen LogP) is 16.4. The molecule has 0 aliphatic rings. The number of hydrogen-bond acceptors (Lipinski definition) is 7. The van der Waals surface area contributed by atoms with E-state index in [2.05, 4.69) is 158 Å². The zero-order chi connectivity index (χ0) is 46.1. The average Bonchev–Trinajstić information content (AvgIpc) is 4.02. The molecule has 0 spiro atoms. The fourth-order valence-electron chi connectivity index (χ4n) is 9.86. The van der Waals surface area contributed by atoms with Gasteiger partial charge < -0.3 is 8.83 Å². The molecule has 4 heterocycles. The Morgan fingerprint density at radius 3 is 1.47 bits per heavy atom. The molecule has 7 heteroatoms. The fraction of sp³-hybridized carbons (Fsp3) is 0. The molecule has 4 aromatic heterocycles. The van der Waals surface area contributed by atoms with E-state index in [9.17, 15) is 0 Å². The summed E-state index contributed by atoms with van der Waals surface area (Å²) < 4.78 is 12.9. The van der Waals surface area contributed by atoms with Crippen molar-refractivity contribution in [3.63, 3.8) is 0 Å². The van der Waals surface area contributed by atoms with E-state index in [0.717, 1.165) is 116 Å². The Morgan fingerprint density at radius 1 is 0.243 bits per heavy atom. The summed E-state index contributed by atoms with van der Waals surface area (Å²) >= 11 is 0. The summed E-state index contributed by atoms with van der Waals surface area (Å²) in [4.78, 5) is 25.7. The summed E-state index contributed by atoms with van der Waals surface area (Å²) in [5.41, 5.74) is 12.5. The van der Waals surface area contributed by atoms with Crippen LogP contribution in [0, 0.1) is 0 Å². The number of hydrogen-bond donors (Lipinski definition) is 0. The monoisotopic (exact) mass is 895 g/mol. The van der Waals surface area contributed by atoms with Crippen molar-refractivity contribution in [1.29, 1.82) is 0 Å². The molecule has 326 valence electrons. The third-order valence-corrected chi connectivity index (χ3v) is 13.3. The van der Waals surface area contributed by atoms with Crippen LogP contribution in [0.1, 0.15) is 0 Å². The molecule has 0 aliphatic heterocycles. The van der Waals surface area contributed by atoms with Gasteiger partial charge in [0.05, 0.1) is 11.4 Å². The van der Waals surface area contributed by atoms with Crippen LogP contribution in [-0.2, 0) is 0 Å². The molecule has 0 saturated heterocycles. The van der Waals surface area contributed by atoms with E-state index in [1.807, 2.05) is 66.7 Å². The third kappa shape index (κ3) is 6.79.